The van der Waals surface area contributed by atoms with E-state index in [0.29, 0.717) is 10.7 Å². The zero-order valence-corrected chi connectivity index (χ0v) is 10.7. The first-order valence-electron chi connectivity index (χ1n) is 4.16. The molecule has 6 nitrogen and oxygen atoms in total. The monoisotopic (exact) mass is 349 g/mol. The fourth-order valence-electron chi connectivity index (χ4n) is 1.03. The van der Waals surface area contributed by atoms with Crippen LogP contribution in [-0.4, -0.2) is 26.5 Å². The highest BCUT2D eigenvalue weighted by Crippen LogP contribution is 2.23. The summed E-state index contributed by atoms with van der Waals surface area (Å²) in [4.78, 5) is 11.6. The van der Waals surface area contributed by atoms with E-state index >= 15 is 0 Å². The Morgan fingerprint density at radius 2 is 2.31 bits per heavy atom. The number of aromatic nitrogens is 4. The predicted molar refractivity (Wildman–Crippen MR) is 66.3 cm³/mol. The highest BCUT2D eigenvalue weighted by Gasteiger charge is 2.12. The maximum absolute atomic E-state index is 11.6. The van der Waals surface area contributed by atoms with Gasteiger partial charge < -0.3 is 5.32 Å². The molecule has 0 aliphatic heterocycles. The van der Waals surface area contributed by atoms with Crippen LogP contribution in [0.2, 0.25) is 5.02 Å². The Balaban J connectivity index is 2.18. The van der Waals surface area contributed by atoms with Crippen molar-refractivity contribution in [3.63, 3.8) is 0 Å². The van der Waals surface area contributed by atoms with E-state index in [1.165, 1.54) is 0 Å². The largest absolute Gasteiger partial charge is 0.318 e. The maximum Gasteiger partial charge on any atom is 0.297 e. The van der Waals surface area contributed by atoms with E-state index in [0.717, 1.165) is 3.57 Å². The van der Waals surface area contributed by atoms with Crippen LogP contribution in [-0.2, 0) is 0 Å². The molecule has 1 heterocycles. The van der Waals surface area contributed by atoms with E-state index in [2.05, 4.69) is 48.5 Å². The van der Waals surface area contributed by atoms with Gasteiger partial charge in [-0.25, -0.2) is 0 Å². The van der Waals surface area contributed by atoms with Gasteiger partial charge in [0.1, 0.15) is 0 Å². The van der Waals surface area contributed by atoms with Gasteiger partial charge in [0.05, 0.1) is 10.7 Å². The Hall–Kier alpha value is -1.22. The van der Waals surface area contributed by atoms with Crippen LogP contribution in [0, 0.1) is 3.57 Å². The summed E-state index contributed by atoms with van der Waals surface area (Å²) in [5.41, 5.74) is 0.511. The minimum atomic E-state index is -0.461. The summed E-state index contributed by atoms with van der Waals surface area (Å²) in [7, 11) is 0. The number of hydrogen-bond donors (Lipinski definition) is 2. The predicted octanol–water partition coefficient (Wildman–Crippen LogP) is 1.71. The van der Waals surface area contributed by atoms with E-state index in [1.807, 2.05) is 6.07 Å². The van der Waals surface area contributed by atoms with Gasteiger partial charge in [-0.05, 0) is 46.0 Å². The summed E-state index contributed by atoms with van der Waals surface area (Å²) < 4.78 is 0.986. The number of rotatable bonds is 2. The molecule has 2 rings (SSSR count). The number of nitrogens with zero attached hydrogens (tertiary/aromatic N) is 3. The lowest BCUT2D eigenvalue weighted by atomic mass is 10.3. The van der Waals surface area contributed by atoms with Crippen LogP contribution in [0.25, 0.3) is 0 Å². The van der Waals surface area contributed by atoms with Crippen LogP contribution >= 0.6 is 34.2 Å². The van der Waals surface area contributed by atoms with Crippen molar-refractivity contribution in [1.82, 2.24) is 20.6 Å². The third-order valence-electron chi connectivity index (χ3n) is 1.73. The molecule has 16 heavy (non-hydrogen) atoms. The molecule has 8 heteroatoms. The van der Waals surface area contributed by atoms with Crippen LogP contribution in [0.3, 0.4) is 0 Å². The topological polar surface area (TPSA) is 83.6 Å². The number of halogens is 2. The van der Waals surface area contributed by atoms with Gasteiger partial charge in [-0.1, -0.05) is 11.6 Å². The van der Waals surface area contributed by atoms with E-state index < -0.39 is 5.91 Å². The highest BCUT2D eigenvalue weighted by molar-refractivity contribution is 14.1. The SMILES string of the molecule is O=C(Nc1ccc(I)cc1Cl)c1nn[nH]n1. The molecule has 0 unspecified atom stereocenters. The van der Waals surface area contributed by atoms with Crippen LogP contribution in [0.5, 0.6) is 0 Å². The van der Waals surface area contributed by atoms with E-state index in [-0.39, 0.29) is 5.82 Å². The first kappa shape index (κ1) is 11.3. The lowest BCUT2D eigenvalue weighted by Gasteiger charge is -2.04. The number of carbonyl (C=O) groups is 1. The molecule has 2 aromatic rings. The number of H-pyrrole nitrogens is 1. The van der Waals surface area contributed by atoms with Crippen molar-refractivity contribution in [2.45, 2.75) is 0 Å². The van der Waals surface area contributed by atoms with Gasteiger partial charge in [0.25, 0.3) is 11.7 Å². The Labute approximate surface area is 109 Å². The van der Waals surface area contributed by atoms with E-state index in [4.69, 9.17) is 11.6 Å². The Kier molecular flexibility index (Phi) is 3.34. The number of anilines is 1. The van der Waals surface area contributed by atoms with Crippen LogP contribution in [0.1, 0.15) is 10.6 Å². The zero-order chi connectivity index (χ0) is 11.5. The molecule has 82 valence electrons. The molecule has 1 aromatic carbocycles. The van der Waals surface area contributed by atoms with Crippen LogP contribution in [0.15, 0.2) is 18.2 Å². The standard InChI is InChI=1S/C8H5ClIN5O/c9-5-3-4(10)1-2-6(5)11-8(16)7-12-14-15-13-7/h1-3H,(H,11,16)(H,12,13,14,15). The zero-order valence-electron chi connectivity index (χ0n) is 7.74. The van der Waals surface area contributed by atoms with Gasteiger partial charge in [0.2, 0.25) is 0 Å². The molecule has 0 saturated carbocycles. The second kappa shape index (κ2) is 4.74. The molecule has 0 aliphatic carbocycles. The van der Waals surface area contributed by atoms with Crippen molar-refractivity contribution in [3.05, 3.63) is 32.6 Å². The van der Waals surface area contributed by atoms with Crippen molar-refractivity contribution in [2.24, 2.45) is 0 Å². The molecule has 0 spiro atoms. The van der Waals surface area contributed by atoms with Crippen LogP contribution < -0.4 is 5.32 Å². The quantitative estimate of drug-likeness (QED) is 0.809. The average Bonchev–Trinajstić information content (AvgIpc) is 2.75. The van der Waals surface area contributed by atoms with Gasteiger partial charge in [-0.2, -0.15) is 5.21 Å². The number of hydrogen-bond acceptors (Lipinski definition) is 4. The third kappa shape index (κ3) is 2.47. The van der Waals surface area contributed by atoms with Crippen molar-refractivity contribution in [1.29, 1.82) is 0 Å². The number of tetrazole rings is 1. The second-order valence-electron chi connectivity index (χ2n) is 2.81. The van der Waals surface area contributed by atoms with Crippen molar-refractivity contribution < 1.29 is 4.79 Å². The van der Waals surface area contributed by atoms with E-state index in [1.54, 1.807) is 12.1 Å². The van der Waals surface area contributed by atoms with Crippen LogP contribution in [0.4, 0.5) is 5.69 Å². The lowest BCUT2D eigenvalue weighted by molar-refractivity contribution is 0.101. The molecule has 0 atom stereocenters. The number of carbonyl (C=O) groups excluding carboxylic acids is 1. The van der Waals surface area contributed by atoms with E-state index in [9.17, 15) is 4.79 Å². The molecular formula is C8H5ClIN5O. The number of benzene rings is 1. The summed E-state index contributed by atoms with van der Waals surface area (Å²) in [6.45, 7) is 0. The Bertz CT molecular complexity index is 515. The van der Waals surface area contributed by atoms with Crippen molar-refractivity contribution >= 4 is 45.8 Å². The molecule has 2 N–H and O–H groups in total. The highest BCUT2D eigenvalue weighted by atomic mass is 127. The summed E-state index contributed by atoms with van der Waals surface area (Å²) in [5.74, 6) is -0.494. The van der Waals surface area contributed by atoms with Crippen molar-refractivity contribution in [3.8, 4) is 0 Å². The fourth-order valence-corrected chi connectivity index (χ4v) is 1.93. The molecule has 0 radical (unpaired) electrons. The summed E-state index contributed by atoms with van der Waals surface area (Å²) in [6, 6.07) is 5.29. The minimum absolute atomic E-state index is 0.0328. The summed E-state index contributed by atoms with van der Waals surface area (Å²) in [6.07, 6.45) is 0. The maximum atomic E-state index is 11.6. The second-order valence-corrected chi connectivity index (χ2v) is 4.47. The number of nitrogens with one attached hydrogen (secondary N) is 2. The molecule has 0 saturated heterocycles. The number of aromatic amines is 1. The molecule has 0 bridgehead atoms. The van der Waals surface area contributed by atoms with Gasteiger partial charge >= 0.3 is 0 Å². The molecular weight excluding hydrogens is 344 g/mol. The van der Waals surface area contributed by atoms with Gasteiger partial charge in [0, 0.05) is 3.57 Å². The molecule has 0 fully saturated rings. The van der Waals surface area contributed by atoms with Crippen molar-refractivity contribution in [2.75, 3.05) is 5.32 Å². The van der Waals surface area contributed by atoms with Gasteiger partial charge in [-0.15, -0.1) is 10.2 Å². The van der Waals surface area contributed by atoms with Gasteiger partial charge in [-0.3, -0.25) is 4.79 Å². The minimum Gasteiger partial charge on any atom is -0.318 e. The first-order valence-corrected chi connectivity index (χ1v) is 5.62. The summed E-state index contributed by atoms with van der Waals surface area (Å²) >= 11 is 8.08. The lowest BCUT2D eigenvalue weighted by Crippen LogP contribution is -2.14. The molecule has 0 aliphatic rings. The summed E-state index contributed by atoms with van der Waals surface area (Å²) in [5, 5.41) is 15.6. The molecule has 1 amide bonds. The Morgan fingerprint density at radius 3 is 2.94 bits per heavy atom. The Morgan fingerprint density at radius 1 is 1.50 bits per heavy atom. The third-order valence-corrected chi connectivity index (χ3v) is 2.71. The number of amides is 1. The normalized spacial score (nSPS) is 10.1. The molecule has 1 aromatic heterocycles. The smallest absolute Gasteiger partial charge is 0.297 e. The van der Waals surface area contributed by atoms with Gasteiger partial charge in [0.15, 0.2) is 0 Å². The first-order chi connectivity index (χ1) is 7.66. The fraction of sp³-hybridized carbons (Fsp3) is 0. The average molecular weight is 350 g/mol.